The third-order valence-corrected chi connectivity index (χ3v) is 2.19. The maximum absolute atomic E-state index is 12.6. The molecule has 1 amide bonds. The highest BCUT2D eigenvalue weighted by atomic mass is 19.1. The van der Waals surface area contributed by atoms with Gasteiger partial charge in [0.1, 0.15) is 5.56 Å². The van der Waals surface area contributed by atoms with Crippen LogP contribution in [0.3, 0.4) is 0 Å². The van der Waals surface area contributed by atoms with E-state index >= 15 is 0 Å². The van der Waals surface area contributed by atoms with Crippen LogP contribution in [0.15, 0.2) is 36.7 Å². The van der Waals surface area contributed by atoms with Crippen LogP contribution < -0.4 is 10.1 Å². The van der Waals surface area contributed by atoms with Gasteiger partial charge in [0.25, 0.3) is 5.91 Å². The van der Waals surface area contributed by atoms with Crippen molar-refractivity contribution in [1.29, 1.82) is 0 Å². The first-order valence-corrected chi connectivity index (χ1v) is 5.12. The molecule has 0 aliphatic rings. The number of nitrogens with one attached hydrogen (secondary N) is 1. The van der Waals surface area contributed by atoms with Crippen molar-refractivity contribution in [2.75, 3.05) is 12.4 Å². The van der Waals surface area contributed by atoms with Gasteiger partial charge in [0.15, 0.2) is 0 Å². The Hall–Kier alpha value is -2.50. The van der Waals surface area contributed by atoms with Crippen LogP contribution in [0.1, 0.15) is 10.4 Å². The van der Waals surface area contributed by atoms with Gasteiger partial charge in [0.2, 0.25) is 11.8 Å². The molecule has 0 atom stereocenters. The fraction of sp³-hybridized carbons (Fsp3) is 0.0833. The molecule has 2 aromatic heterocycles. The second kappa shape index (κ2) is 5.22. The third-order valence-electron chi connectivity index (χ3n) is 2.19. The summed E-state index contributed by atoms with van der Waals surface area (Å²) in [6, 6.07) is 5.79. The number of halogens is 1. The number of nitrogens with zero attached hydrogens (tertiary/aromatic N) is 2. The molecular weight excluding hydrogens is 237 g/mol. The molecule has 6 heteroatoms. The zero-order chi connectivity index (χ0) is 13.0. The van der Waals surface area contributed by atoms with E-state index in [1.807, 2.05) is 0 Å². The maximum Gasteiger partial charge on any atom is 0.261 e. The lowest BCUT2D eigenvalue weighted by Crippen LogP contribution is -2.13. The highest BCUT2D eigenvalue weighted by molar-refractivity contribution is 6.05. The average Bonchev–Trinajstić information content (AvgIpc) is 2.41. The average molecular weight is 247 g/mol. The molecule has 0 aromatic carbocycles. The van der Waals surface area contributed by atoms with E-state index in [0.29, 0.717) is 11.3 Å². The van der Waals surface area contributed by atoms with Crippen molar-refractivity contribution in [3.05, 3.63) is 48.2 Å². The second-order valence-corrected chi connectivity index (χ2v) is 3.38. The van der Waals surface area contributed by atoms with Gasteiger partial charge in [-0.25, -0.2) is 9.97 Å². The molecule has 1 N–H and O–H groups in total. The number of anilines is 1. The summed E-state index contributed by atoms with van der Waals surface area (Å²) in [6.45, 7) is 0. The van der Waals surface area contributed by atoms with Crippen LogP contribution in [-0.4, -0.2) is 23.0 Å². The van der Waals surface area contributed by atoms with Crippen molar-refractivity contribution in [3.63, 3.8) is 0 Å². The van der Waals surface area contributed by atoms with Gasteiger partial charge in [0.05, 0.1) is 19.0 Å². The van der Waals surface area contributed by atoms with Crippen LogP contribution in [0.4, 0.5) is 10.1 Å². The van der Waals surface area contributed by atoms with E-state index in [9.17, 15) is 9.18 Å². The van der Waals surface area contributed by atoms with Crippen LogP contribution >= 0.6 is 0 Å². The summed E-state index contributed by atoms with van der Waals surface area (Å²) < 4.78 is 17.6. The second-order valence-electron chi connectivity index (χ2n) is 3.38. The number of ether oxygens (including phenoxy) is 1. The Bertz CT molecular complexity index is 558. The number of methoxy groups -OCH3 is 1. The molecule has 0 bridgehead atoms. The number of carbonyl (C=O) groups is 1. The van der Waals surface area contributed by atoms with E-state index in [1.165, 1.54) is 25.6 Å². The third kappa shape index (κ3) is 2.60. The molecule has 0 saturated carbocycles. The van der Waals surface area contributed by atoms with E-state index in [2.05, 4.69) is 15.3 Å². The molecule has 0 saturated heterocycles. The van der Waals surface area contributed by atoms with Crippen LogP contribution in [0, 0.1) is 5.95 Å². The molecule has 0 aliphatic heterocycles. The lowest BCUT2D eigenvalue weighted by molar-refractivity contribution is 0.102. The molecule has 2 rings (SSSR count). The van der Waals surface area contributed by atoms with Gasteiger partial charge in [-0.1, -0.05) is 0 Å². The van der Waals surface area contributed by atoms with E-state index < -0.39 is 11.9 Å². The summed E-state index contributed by atoms with van der Waals surface area (Å²) in [5.74, 6) is -0.773. The minimum Gasteiger partial charge on any atom is -0.480 e. The molecule has 2 heterocycles. The Labute approximate surface area is 103 Å². The number of pyridine rings is 2. The standard InChI is InChI=1S/C12H10FN3O2/c1-18-12-9(3-2-6-14-12)11(17)16-8-4-5-10(13)15-7-8/h2-7H,1H3,(H,16,17). The minimum absolute atomic E-state index is 0.227. The smallest absolute Gasteiger partial charge is 0.261 e. The molecule has 0 unspecified atom stereocenters. The molecule has 2 aromatic rings. The van der Waals surface area contributed by atoms with Crippen molar-refractivity contribution in [2.24, 2.45) is 0 Å². The quantitative estimate of drug-likeness (QED) is 0.841. The van der Waals surface area contributed by atoms with Crippen LogP contribution in [0.2, 0.25) is 0 Å². The van der Waals surface area contributed by atoms with Crippen LogP contribution in [0.5, 0.6) is 5.88 Å². The predicted molar refractivity (Wildman–Crippen MR) is 62.9 cm³/mol. The van der Waals surface area contributed by atoms with E-state index in [0.717, 1.165) is 6.07 Å². The normalized spacial score (nSPS) is 9.89. The Balaban J connectivity index is 2.19. The first kappa shape index (κ1) is 12.0. The van der Waals surface area contributed by atoms with Gasteiger partial charge >= 0.3 is 0 Å². The minimum atomic E-state index is -0.605. The van der Waals surface area contributed by atoms with Gasteiger partial charge in [0, 0.05) is 6.20 Å². The molecule has 92 valence electrons. The molecular formula is C12H10FN3O2. The Morgan fingerprint density at radius 2 is 2.17 bits per heavy atom. The molecule has 0 fully saturated rings. The number of carbonyl (C=O) groups excluding carboxylic acids is 1. The Kier molecular flexibility index (Phi) is 3.47. The SMILES string of the molecule is COc1ncccc1C(=O)Nc1ccc(F)nc1. The summed E-state index contributed by atoms with van der Waals surface area (Å²) in [5, 5.41) is 2.57. The highest BCUT2D eigenvalue weighted by Gasteiger charge is 2.12. The maximum atomic E-state index is 12.6. The zero-order valence-electron chi connectivity index (χ0n) is 9.55. The summed E-state index contributed by atoms with van der Waals surface area (Å²) in [6.07, 6.45) is 2.76. The summed E-state index contributed by atoms with van der Waals surface area (Å²) in [5.41, 5.74) is 0.691. The van der Waals surface area contributed by atoms with Crippen LogP contribution in [-0.2, 0) is 0 Å². The van der Waals surface area contributed by atoms with Gasteiger partial charge < -0.3 is 10.1 Å². The first-order valence-electron chi connectivity index (χ1n) is 5.12. The summed E-state index contributed by atoms with van der Waals surface area (Å²) in [7, 11) is 1.43. The fourth-order valence-electron chi connectivity index (χ4n) is 1.37. The number of aromatic nitrogens is 2. The monoisotopic (exact) mass is 247 g/mol. The molecule has 18 heavy (non-hydrogen) atoms. The van der Waals surface area contributed by atoms with Gasteiger partial charge in [-0.15, -0.1) is 0 Å². The topological polar surface area (TPSA) is 64.1 Å². The first-order chi connectivity index (χ1) is 8.70. The zero-order valence-corrected chi connectivity index (χ0v) is 9.55. The summed E-state index contributed by atoms with van der Waals surface area (Å²) in [4.78, 5) is 19.3. The lowest BCUT2D eigenvalue weighted by Gasteiger charge is -2.07. The number of hydrogen-bond donors (Lipinski definition) is 1. The van der Waals surface area contributed by atoms with Gasteiger partial charge in [-0.05, 0) is 24.3 Å². The van der Waals surface area contributed by atoms with Crippen LogP contribution in [0.25, 0.3) is 0 Å². The van der Waals surface area contributed by atoms with E-state index in [-0.39, 0.29) is 5.88 Å². The largest absolute Gasteiger partial charge is 0.480 e. The molecule has 0 spiro atoms. The number of rotatable bonds is 3. The van der Waals surface area contributed by atoms with E-state index in [1.54, 1.807) is 12.1 Å². The Morgan fingerprint density at radius 3 is 2.83 bits per heavy atom. The van der Waals surface area contributed by atoms with Crippen molar-refractivity contribution >= 4 is 11.6 Å². The predicted octanol–water partition coefficient (Wildman–Crippen LogP) is 1.88. The van der Waals surface area contributed by atoms with Crippen molar-refractivity contribution < 1.29 is 13.9 Å². The number of amides is 1. The molecule has 0 radical (unpaired) electrons. The van der Waals surface area contributed by atoms with Gasteiger partial charge in [-0.2, -0.15) is 4.39 Å². The number of hydrogen-bond acceptors (Lipinski definition) is 4. The highest BCUT2D eigenvalue weighted by Crippen LogP contribution is 2.15. The molecule has 0 aliphatic carbocycles. The Morgan fingerprint density at radius 1 is 1.33 bits per heavy atom. The van der Waals surface area contributed by atoms with Crippen molar-refractivity contribution in [2.45, 2.75) is 0 Å². The lowest BCUT2D eigenvalue weighted by atomic mass is 10.2. The summed E-state index contributed by atoms with van der Waals surface area (Å²) >= 11 is 0. The molecule has 5 nitrogen and oxygen atoms in total. The van der Waals surface area contributed by atoms with Crippen molar-refractivity contribution in [1.82, 2.24) is 9.97 Å². The van der Waals surface area contributed by atoms with E-state index in [4.69, 9.17) is 4.74 Å². The van der Waals surface area contributed by atoms with Gasteiger partial charge in [-0.3, -0.25) is 4.79 Å². The fourth-order valence-corrected chi connectivity index (χ4v) is 1.37. The van der Waals surface area contributed by atoms with Crippen molar-refractivity contribution in [3.8, 4) is 5.88 Å².